The highest BCUT2D eigenvalue weighted by molar-refractivity contribution is 9.08. The highest BCUT2D eigenvalue weighted by Crippen LogP contribution is 2.17. The third-order valence-corrected chi connectivity index (χ3v) is 4.21. The Kier molecular flexibility index (Phi) is 4.32. The molecule has 0 aromatic carbocycles. The standard InChI is InChI=1S/C11H15BrN2S/c12-8-10-2-3-11(13-9-10)14-4-1-6-15-7-5-14/h2-3,9H,1,4-8H2. The third-order valence-electron chi connectivity index (χ3n) is 2.51. The van der Waals surface area contributed by atoms with Crippen molar-refractivity contribution in [2.24, 2.45) is 0 Å². The van der Waals surface area contributed by atoms with Gasteiger partial charge >= 0.3 is 0 Å². The Labute approximate surface area is 104 Å². The van der Waals surface area contributed by atoms with E-state index >= 15 is 0 Å². The van der Waals surface area contributed by atoms with Crippen LogP contribution in [-0.2, 0) is 5.33 Å². The monoisotopic (exact) mass is 286 g/mol. The smallest absolute Gasteiger partial charge is 0.128 e. The van der Waals surface area contributed by atoms with Crippen LogP contribution in [-0.4, -0.2) is 29.6 Å². The fourth-order valence-electron chi connectivity index (χ4n) is 1.66. The number of nitrogens with zero attached hydrogens (tertiary/aromatic N) is 2. The summed E-state index contributed by atoms with van der Waals surface area (Å²) in [6.07, 6.45) is 3.23. The first-order valence-electron chi connectivity index (χ1n) is 5.24. The lowest BCUT2D eigenvalue weighted by Crippen LogP contribution is -2.26. The van der Waals surface area contributed by atoms with Gasteiger partial charge in [0.15, 0.2) is 0 Å². The van der Waals surface area contributed by atoms with Gasteiger partial charge in [0.2, 0.25) is 0 Å². The van der Waals surface area contributed by atoms with Crippen LogP contribution >= 0.6 is 27.7 Å². The molecule has 0 spiro atoms. The molecule has 0 N–H and O–H groups in total. The first-order chi connectivity index (χ1) is 7.40. The summed E-state index contributed by atoms with van der Waals surface area (Å²) in [5, 5.41) is 0.885. The molecule has 0 bridgehead atoms. The molecule has 0 atom stereocenters. The normalized spacial score (nSPS) is 17.5. The molecule has 2 rings (SSSR count). The van der Waals surface area contributed by atoms with E-state index in [9.17, 15) is 0 Å². The molecular weight excluding hydrogens is 272 g/mol. The van der Waals surface area contributed by atoms with Crippen molar-refractivity contribution in [3.63, 3.8) is 0 Å². The van der Waals surface area contributed by atoms with Crippen LogP contribution in [0.3, 0.4) is 0 Å². The number of thioether (sulfide) groups is 1. The van der Waals surface area contributed by atoms with Crippen molar-refractivity contribution in [2.75, 3.05) is 29.5 Å². The van der Waals surface area contributed by atoms with Crippen molar-refractivity contribution < 1.29 is 0 Å². The second-order valence-corrected chi connectivity index (χ2v) is 5.40. The maximum Gasteiger partial charge on any atom is 0.128 e. The van der Waals surface area contributed by atoms with E-state index in [1.54, 1.807) is 0 Å². The Hall–Kier alpha value is -0.220. The van der Waals surface area contributed by atoms with Gasteiger partial charge < -0.3 is 4.90 Å². The van der Waals surface area contributed by atoms with E-state index in [1.807, 2.05) is 18.0 Å². The highest BCUT2D eigenvalue weighted by Gasteiger charge is 2.10. The zero-order chi connectivity index (χ0) is 10.5. The molecule has 2 nitrogen and oxygen atoms in total. The van der Waals surface area contributed by atoms with E-state index in [2.05, 4.69) is 37.9 Å². The molecule has 82 valence electrons. The van der Waals surface area contributed by atoms with Crippen molar-refractivity contribution in [1.82, 2.24) is 4.98 Å². The minimum atomic E-state index is 0.885. The molecule has 0 aliphatic carbocycles. The average molecular weight is 287 g/mol. The Morgan fingerprint density at radius 2 is 2.27 bits per heavy atom. The number of aromatic nitrogens is 1. The van der Waals surface area contributed by atoms with Crippen molar-refractivity contribution in [3.8, 4) is 0 Å². The molecule has 1 aromatic rings. The van der Waals surface area contributed by atoms with Gasteiger partial charge in [-0.25, -0.2) is 4.98 Å². The van der Waals surface area contributed by atoms with Gasteiger partial charge in [0.25, 0.3) is 0 Å². The molecule has 0 radical (unpaired) electrons. The average Bonchev–Trinajstić information content (AvgIpc) is 2.58. The molecule has 1 fully saturated rings. The lowest BCUT2D eigenvalue weighted by molar-refractivity contribution is 0.801. The molecule has 15 heavy (non-hydrogen) atoms. The molecule has 1 aliphatic heterocycles. The summed E-state index contributed by atoms with van der Waals surface area (Å²) < 4.78 is 0. The number of halogens is 1. The van der Waals surface area contributed by atoms with Gasteiger partial charge in [0, 0.05) is 30.4 Å². The molecule has 1 saturated heterocycles. The predicted molar refractivity (Wildman–Crippen MR) is 71.0 cm³/mol. The molecule has 0 unspecified atom stereocenters. The van der Waals surface area contributed by atoms with Gasteiger partial charge in [0.05, 0.1) is 0 Å². The zero-order valence-corrected chi connectivity index (χ0v) is 11.1. The van der Waals surface area contributed by atoms with E-state index in [0.717, 1.165) is 24.2 Å². The first-order valence-corrected chi connectivity index (χ1v) is 7.51. The molecule has 0 amide bonds. The molecule has 2 heterocycles. The first kappa shape index (κ1) is 11.3. The third kappa shape index (κ3) is 3.11. The van der Waals surface area contributed by atoms with Crippen LogP contribution in [0.15, 0.2) is 18.3 Å². The Balaban J connectivity index is 2.06. The van der Waals surface area contributed by atoms with Gasteiger partial charge in [-0.2, -0.15) is 11.8 Å². The number of alkyl halides is 1. The molecule has 0 saturated carbocycles. The van der Waals surface area contributed by atoms with E-state index in [4.69, 9.17) is 0 Å². The van der Waals surface area contributed by atoms with Crippen molar-refractivity contribution in [3.05, 3.63) is 23.9 Å². The van der Waals surface area contributed by atoms with Crippen LogP contribution in [0.1, 0.15) is 12.0 Å². The number of hydrogen-bond donors (Lipinski definition) is 0. The number of anilines is 1. The summed E-state index contributed by atoms with van der Waals surface area (Å²) >= 11 is 5.48. The van der Waals surface area contributed by atoms with E-state index < -0.39 is 0 Å². The Bertz CT molecular complexity index is 294. The van der Waals surface area contributed by atoms with Crippen molar-refractivity contribution in [2.45, 2.75) is 11.8 Å². The van der Waals surface area contributed by atoms with Gasteiger partial charge in [0.1, 0.15) is 5.82 Å². The van der Waals surface area contributed by atoms with Crippen LogP contribution in [0, 0.1) is 0 Å². The van der Waals surface area contributed by atoms with Gasteiger partial charge in [-0.05, 0) is 23.8 Å². The van der Waals surface area contributed by atoms with Gasteiger partial charge in [-0.1, -0.05) is 22.0 Å². The summed E-state index contributed by atoms with van der Waals surface area (Å²) in [5.41, 5.74) is 1.24. The highest BCUT2D eigenvalue weighted by atomic mass is 79.9. The van der Waals surface area contributed by atoms with Crippen LogP contribution in [0.4, 0.5) is 5.82 Å². The Morgan fingerprint density at radius 3 is 3.00 bits per heavy atom. The summed E-state index contributed by atoms with van der Waals surface area (Å²) in [6.45, 7) is 2.28. The van der Waals surface area contributed by atoms with Gasteiger partial charge in [-0.15, -0.1) is 0 Å². The maximum atomic E-state index is 4.50. The van der Waals surface area contributed by atoms with Crippen LogP contribution in [0.5, 0.6) is 0 Å². The summed E-state index contributed by atoms with van der Waals surface area (Å²) in [6, 6.07) is 4.28. The second-order valence-electron chi connectivity index (χ2n) is 3.61. The maximum absolute atomic E-state index is 4.50. The van der Waals surface area contributed by atoms with Crippen molar-refractivity contribution in [1.29, 1.82) is 0 Å². The number of hydrogen-bond acceptors (Lipinski definition) is 3. The van der Waals surface area contributed by atoms with Crippen molar-refractivity contribution >= 4 is 33.5 Å². The van der Waals surface area contributed by atoms with Crippen LogP contribution in [0.25, 0.3) is 0 Å². The van der Waals surface area contributed by atoms with Crippen LogP contribution < -0.4 is 4.90 Å². The predicted octanol–water partition coefficient (Wildman–Crippen LogP) is 2.92. The molecule has 4 heteroatoms. The molecular formula is C11H15BrN2S. The number of pyridine rings is 1. The summed E-state index contributed by atoms with van der Waals surface area (Å²) in [5.74, 6) is 3.64. The summed E-state index contributed by atoms with van der Waals surface area (Å²) in [7, 11) is 0. The van der Waals surface area contributed by atoms with Crippen LogP contribution in [0.2, 0.25) is 0 Å². The quantitative estimate of drug-likeness (QED) is 0.778. The molecule has 1 aliphatic rings. The zero-order valence-electron chi connectivity index (χ0n) is 8.66. The fourth-order valence-corrected chi connectivity index (χ4v) is 2.88. The van der Waals surface area contributed by atoms with E-state index in [1.165, 1.54) is 23.5 Å². The van der Waals surface area contributed by atoms with E-state index in [-0.39, 0.29) is 0 Å². The summed E-state index contributed by atoms with van der Waals surface area (Å²) in [4.78, 5) is 6.89. The number of rotatable bonds is 2. The Morgan fingerprint density at radius 1 is 1.33 bits per heavy atom. The SMILES string of the molecule is BrCc1ccc(N2CCCSCC2)nc1. The minimum absolute atomic E-state index is 0.885. The lowest BCUT2D eigenvalue weighted by atomic mass is 10.3. The van der Waals surface area contributed by atoms with E-state index in [0.29, 0.717) is 0 Å². The fraction of sp³-hybridized carbons (Fsp3) is 0.545. The molecule has 1 aromatic heterocycles. The second kappa shape index (κ2) is 5.75. The van der Waals surface area contributed by atoms with Gasteiger partial charge in [-0.3, -0.25) is 0 Å². The topological polar surface area (TPSA) is 16.1 Å². The minimum Gasteiger partial charge on any atom is -0.356 e. The lowest BCUT2D eigenvalue weighted by Gasteiger charge is -2.20. The largest absolute Gasteiger partial charge is 0.356 e.